The van der Waals surface area contributed by atoms with Gasteiger partial charge in [0.1, 0.15) is 0 Å². The van der Waals surface area contributed by atoms with Crippen LogP contribution in [0.25, 0.3) is 0 Å². The maximum atomic E-state index is 8.78. The van der Waals surface area contributed by atoms with Crippen molar-refractivity contribution in [1.82, 2.24) is 10.6 Å². The maximum Gasteiger partial charge on any atom is 2.00 e. The Kier molecular flexibility index (Phi) is 19.1. The van der Waals surface area contributed by atoms with Gasteiger partial charge in [0.15, 0.2) is 0 Å². The van der Waals surface area contributed by atoms with E-state index in [0.29, 0.717) is 21.7 Å². The molecule has 5 N–H and O–H groups in total. The smallest absolute Gasteiger partial charge is 0.465 e. The monoisotopic (exact) mass is 334 g/mol. The molecule has 0 unspecified atom stereocenters. The fourth-order valence-corrected chi connectivity index (χ4v) is 0.737. The van der Waals surface area contributed by atoms with E-state index in [4.69, 9.17) is 9.90 Å². The summed E-state index contributed by atoms with van der Waals surface area (Å²) in [6.07, 6.45) is -1.33. The molecule has 15 heavy (non-hydrogen) atoms. The van der Waals surface area contributed by atoms with Crippen molar-refractivity contribution in [3.05, 3.63) is 0 Å². The van der Waals surface area contributed by atoms with Gasteiger partial charge in [-0.25, -0.2) is 4.79 Å². The van der Waals surface area contributed by atoms with Crippen molar-refractivity contribution < 1.29 is 27.0 Å². The minimum Gasteiger partial charge on any atom is -0.465 e. The van der Waals surface area contributed by atoms with Gasteiger partial charge in [-0.2, -0.15) is 0 Å². The molecule has 0 bridgehead atoms. The number of hydrogen-bond donors (Lipinski definition) is 4. The molecule has 0 aromatic rings. The Morgan fingerprint density at radius 3 is 1.53 bits per heavy atom. The number of carbonyl (C=O) groups is 1. The molecular formula is C5H9CuN3O2S4. The van der Waals surface area contributed by atoms with Crippen molar-refractivity contribution in [2.75, 3.05) is 13.1 Å². The number of nitrogens with one attached hydrogen (secondary N) is 2. The largest absolute Gasteiger partial charge is 2.00 e. The normalized spacial score (nSPS) is 7.20. The molecule has 0 fully saturated rings. The number of hydrogen-bond acceptors (Lipinski definition) is 5. The predicted molar refractivity (Wildman–Crippen MR) is 68.1 cm³/mol. The van der Waals surface area contributed by atoms with E-state index in [0.717, 1.165) is 0 Å². The van der Waals surface area contributed by atoms with Gasteiger partial charge in [0.2, 0.25) is 0 Å². The molecule has 0 aromatic heterocycles. The SMILES string of the molecule is NC(=O)O.S=C([S-])NCCNC(=S)[S-].[Cu+2]. The van der Waals surface area contributed by atoms with Gasteiger partial charge >= 0.3 is 23.2 Å². The first-order valence-corrected chi connectivity index (χ1v) is 4.87. The van der Waals surface area contributed by atoms with E-state index < -0.39 is 6.09 Å². The zero-order valence-corrected chi connectivity index (χ0v) is 11.5. The van der Waals surface area contributed by atoms with Gasteiger partial charge in [-0.05, 0) is 0 Å². The first-order chi connectivity index (χ1) is 6.36. The van der Waals surface area contributed by atoms with Crippen molar-refractivity contribution in [1.29, 1.82) is 0 Å². The van der Waals surface area contributed by atoms with E-state index in [1.54, 1.807) is 0 Å². The summed E-state index contributed by atoms with van der Waals surface area (Å²) in [6.45, 7) is 1.33. The quantitative estimate of drug-likeness (QED) is 0.237. The van der Waals surface area contributed by atoms with Crippen LogP contribution in [0.5, 0.6) is 0 Å². The Morgan fingerprint density at radius 1 is 1.20 bits per heavy atom. The standard InChI is InChI=1S/C4H8N2S4.CH3NO2.Cu/c7-3(8)5-1-2-6-4(9)10;2-1(3)4;/h1-2H2,(H2,5,7,8)(H2,6,9,10);2H2,(H,3,4);/q;;+2/p-2. The van der Waals surface area contributed by atoms with Crippen molar-refractivity contribution in [3.63, 3.8) is 0 Å². The van der Waals surface area contributed by atoms with E-state index in [1.807, 2.05) is 0 Å². The van der Waals surface area contributed by atoms with Crippen LogP contribution in [0.4, 0.5) is 4.79 Å². The molecule has 91 valence electrons. The molecule has 0 aliphatic carbocycles. The van der Waals surface area contributed by atoms with Crippen LogP contribution in [-0.4, -0.2) is 32.9 Å². The summed E-state index contributed by atoms with van der Waals surface area (Å²) in [5.41, 5.74) is 4.03. The molecule has 1 amide bonds. The molecule has 0 aliphatic rings. The van der Waals surface area contributed by atoms with E-state index in [-0.39, 0.29) is 17.1 Å². The molecular weight excluding hydrogens is 326 g/mol. The van der Waals surface area contributed by atoms with Crippen LogP contribution in [0.15, 0.2) is 0 Å². The number of rotatable bonds is 3. The molecule has 1 radical (unpaired) electrons. The van der Waals surface area contributed by atoms with Crippen LogP contribution in [0.2, 0.25) is 0 Å². The van der Waals surface area contributed by atoms with Gasteiger partial charge in [-0.1, -0.05) is 8.64 Å². The van der Waals surface area contributed by atoms with E-state index >= 15 is 0 Å². The van der Waals surface area contributed by atoms with Gasteiger partial charge in [0.25, 0.3) is 0 Å². The average molecular weight is 335 g/mol. The van der Waals surface area contributed by atoms with Crippen LogP contribution in [0, 0.1) is 0 Å². The second-order valence-corrected chi connectivity index (χ2v) is 3.92. The van der Waals surface area contributed by atoms with Crippen LogP contribution in [0.3, 0.4) is 0 Å². The van der Waals surface area contributed by atoms with Gasteiger partial charge in [0, 0.05) is 13.1 Å². The number of thiocarbonyl (C=S) groups is 2. The summed E-state index contributed by atoms with van der Waals surface area (Å²) in [4.78, 5) is 8.78. The van der Waals surface area contributed by atoms with E-state index in [1.165, 1.54) is 0 Å². The molecule has 0 saturated heterocycles. The fourth-order valence-electron chi connectivity index (χ4n) is 0.329. The summed E-state index contributed by atoms with van der Waals surface area (Å²) >= 11 is 18.4. The Morgan fingerprint density at radius 2 is 1.40 bits per heavy atom. The van der Waals surface area contributed by atoms with Crippen LogP contribution < -0.4 is 16.4 Å². The second kappa shape index (κ2) is 14.0. The maximum absolute atomic E-state index is 8.78. The minimum atomic E-state index is -1.33. The minimum absolute atomic E-state index is 0. The van der Waals surface area contributed by atoms with Crippen LogP contribution >= 0.6 is 24.4 Å². The number of carboxylic acid groups (broad SMARTS) is 1. The summed E-state index contributed by atoms with van der Waals surface area (Å²) < 4.78 is 0.745. The van der Waals surface area contributed by atoms with Crippen LogP contribution in [0.1, 0.15) is 0 Å². The molecule has 0 aromatic carbocycles. The summed E-state index contributed by atoms with van der Waals surface area (Å²) in [5.74, 6) is 0. The van der Waals surface area contributed by atoms with Crippen LogP contribution in [-0.2, 0) is 42.3 Å². The third-order valence-corrected chi connectivity index (χ3v) is 1.24. The van der Waals surface area contributed by atoms with Crippen molar-refractivity contribution in [2.45, 2.75) is 0 Å². The summed E-state index contributed by atoms with van der Waals surface area (Å²) in [5, 5.41) is 12.8. The second-order valence-electron chi connectivity index (χ2n) is 1.77. The first-order valence-electron chi connectivity index (χ1n) is 3.24. The van der Waals surface area contributed by atoms with Crippen molar-refractivity contribution in [2.24, 2.45) is 5.73 Å². The summed E-state index contributed by atoms with van der Waals surface area (Å²) in [7, 11) is 0. The number of primary amides is 1. The Hall–Kier alpha value is 0.00948. The third kappa shape index (κ3) is 41.1. The molecule has 0 spiro atoms. The molecule has 0 rings (SSSR count). The molecule has 0 heterocycles. The van der Waals surface area contributed by atoms with Gasteiger partial charge in [-0.3, -0.25) is 0 Å². The van der Waals surface area contributed by atoms with Gasteiger partial charge in [-0.15, -0.1) is 0 Å². The fraction of sp³-hybridized carbons (Fsp3) is 0.400. The van der Waals surface area contributed by atoms with Gasteiger partial charge in [0.05, 0.1) is 0 Å². The Bertz CT molecular complexity index is 196. The predicted octanol–water partition coefficient (Wildman–Crippen LogP) is -0.550. The van der Waals surface area contributed by atoms with Gasteiger partial charge < -0.3 is 71.2 Å². The summed E-state index contributed by atoms with van der Waals surface area (Å²) in [6, 6.07) is 0. The molecule has 10 heteroatoms. The third-order valence-electron chi connectivity index (χ3n) is 0.664. The average Bonchev–Trinajstić information content (AvgIpc) is 1.96. The number of nitrogens with two attached hydrogens (primary N) is 1. The first kappa shape index (κ1) is 20.4. The molecule has 0 atom stereocenters. The molecule has 0 aliphatic heterocycles. The topological polar surface area (TPSA) is 87.4 Å². The van der Waals surface area contributed by atoms with E-state index in [9.17, 15) is 0 Å². The molecule has 5 nitrogen and oxygen atoms in total. The zero-order valence-electron chi connectivity index (χ0n) is 7.28. The van der Waals surface area contributed by atoms with E-state index in [2.05, 4.69) is 66.1 Å². The van der Waals surface area contributed by atoms with Crippen molar-refractivity contribution in [3.8, 4) is 0 Å². The zero-order chi connectivity index (χ0) is 11.6. The molecule has 0 saturated carbocycles. The Labute approximate surface area is 120 Å². The van der Waals surface area contributed by atoms with Crippen molar-refractivity contribution >= 4 is 64.4 Å². The number of amides is 1. The Balaban J connectivity index is -0.000000249.